The zero-order valence-electron chi connectivity index (χ0n) is 19.4. The third-order valence-corrected chi connectivity index (χ3v) is 6.23. The highest BCUT2D eigenvalue weighted by Gasteiger charge is 2.26. The van der Waals surface area contributed by atoms with Crippen LogP contribution in [0.15, 0.2) is 54.6 Å². The third kappa shape index (κ3) is 8.30. The second-order valence-corrected chi connectivity index (χ2v) is 8.95. The number of thioether (sulfide) groups is 1. The second kappa shape index (κ2) is 13.9. The topological polar surface area (TPSA) is 79.9 Å². The Morgan fingerprint density at radius 1 is 1.12 bits per heavy atom. The predicted molar refractivity (Wildman–Crippen MR) is 131 cm³/mol. The first-order valence-corrected chi connectivity index (χ1v) is 12.8. The van der Waals surface area contributed by atoms with Gasteiger partial charge in [0.15, 0.2) is 6.61 Å². The largest absolute Gasteiger partial charge is 0.484 e. The number of rotatable bonds is 12. The molecule has 9 heteroatoms. The van der Waals surface area contributed by atoms with Crippen molar-refractivity contribution < 1.29 is 23.5 Å². The summed E-state index contributed by atoms with van der Waals surface area (Å²) < 4.78 is 24.4. The van der Waals surface area contributed by atoms with Crippen molar-refractivity contribution >= 4 is 23.6 Å². The molecule has 2 amide bonds. The van der Waals surface area contributed by atoms with Crippen LogP contribution in [0.1, 0.15) is 18.0 Å². The molecule has 0 radical (unpaired) electrons. The lowest BCUT2D eigenvalue weighted by atomic mass is 10.0. The molecule has 3 rings (SSSR count). The van der Waals surface area contributed by atoms with E-state index in [0.717, 1.165) is 24.4 Å². The van der Waals surface area contributed by atoms with E-state index in [1.54, 1.807) is 36.0 Å². The van der Waals surface area contributed by atoms with Gasteiger partial charge in [0.25, 0.3) is 5.91 Å². The van der Waals surface area contributed by atoms with Gasteiger partial charge < -0.3 is 20.1 Å². The minimum atomic E-state index is -0.669. The van der Waals surface area contributed by atoms with Crippen molar-refractivity contribution in [1.29, 1.82) is 0 Å². The smallest absolute Gasteiger partial charge is 0.258 e. The molecule has 2 aromatic rings. The summed E-state index contributed by atoms with van der Waals surface area (Å²) in [5, 5.41) is 5.80. The number of ether oxygens (including phenoxy) is 2. The first-order chi connectivity index (χ1) is 16.6. The number of carbonyl (C=O) groups excluding carboxylic acids is 2. The van der Waals surface area contributed by atoms with Crippen molar-refractivity contribution in [2.45, 2.75) is 18.5 Å². The van der Waals surface area contributed by atoms with Crippen molar-refractivity contribution in [3.8, 4) is 5.75 Å². The molecule has 0 spiro atoms. The summed E-state index contributed by atoms with van der Waals surface area (Å²) >= 11 is 1.61. The Labute approximate surface area is 204 Å². The van der Waals surface area contributed by atoms with E-state index in [2.05, 4.69) is 15.5 Å². The molecule has 1 aliphatic rings. The van der Waals surface area contributed by atoms with Crippen LogP contribution in [-0.4, -0.2) is 74.2 Å². The lowest BCUT2D eigenvalue weighted by Crippen LogP contribution is -2.50. The Kier molecular flexibility index (Phi) is 10.7. The molecule has 7 nitrogen and oxygen atoms in total. The minimum Gasteiger partial charge on any atom is -0.484 e. The number of benzene rings is 2. The van der Waals surface area contributed by atoms with Crippen LogP contribution in [0.3, 0.4) is 0 Å². The maximum atomic E-state index is 13.5. The number of carbonyl (C=O) groups is 2. The average Bonchev–Trinajstić information content (AvgIpc) is 2.87. The van der Waals surface area contributed by atoms with Crippen molar-refractivity contribution in [2.75, 3.05) is 51.5 Å². The van der Waals surface area contributed by atoms with Crippen molar-refractivity contribution in [3.63, 3.8) is 0 Å². The monoisotopic (exact) mass is 489 g/mol. The average molecular weight is 490 g/mol. The first kappa shape index (κ1) is 26.0. The molecule has 2 atom stereocenters. The van der Waals surface area contributed by atoms with Gasteiger partial charge in [0.2, 0.25) is 5.91 Å². The van der Waals surface area contributed by atoms with Crippen LogP contribution in [-0.2, 0) is 14.3 Å². The molecule has 2 unspecified atom stereocenters. The molecule has 1 heterocycles. The van der Waals surface area contributed by atoms with Crippen LogP contribution >= 0.6 is 11.8 Å². The van der Waals surface area contributed by atoms with E-state index < -0.39 is 6.04 Å². The Balaban J connectivity index is 1.60. The molecule has 2 N–H and O–H groups in total. The molecule has 0 bridgehead atoms. The summed E-state index contributed by atoms with van der Waals surface area (Å²) in [7, 11) is 0. The fourth-order valence-electron chi connectivity index (χ4n) is 3.76. The van der Waals surface area contributed by atoms with Gasteiger partial charge in [-0.1, -0.05) is 30.3 Å². The Hall–Kier alpha value is -2.62. The lowest BCUT2D eigenvalue weighted by Gasteiger charge is -2.35. The number of nitrogens with one attached hydrogen (secondary N) is 2. The van der Waals surface area contributed by atoms with E-state index in [1.807, 2.05) is 24.5 Å². The van der Waals surface area contributed by atoms with E-state index >= 15 is 0 Å². The van der Waals surface area contributed by atoms with Gasteiger partial charge in [0.1, 0.15) is 17.6 Å². The normalized spacial score (nSPS) is 15.8. The van der Waals surface area contributed by atoms with E-state index in [4.69, 9.17) is 9.47 Å². The number of nitrogens with zero attached hydrogens (tertiary/aromatic N) is 1. The van der Waals surface area contributed by atoms with Crippen LogP contribution in [0.5, 0.6) is 5.75 Å². The third-order valence-electron chi connectivity index (χ3n) is 5.59. The highest BCUT2D eigenvalue weighted by Crippen LogP contribution is 2.22. The van der Waals surface area contributed by atoms with E-state index in [-0.39, 0.29) is 30.3 Å². The summed E-state index contributed by atoms with van der Waals surface area (Å²) in [5.41, 5.74) is 0.921. The van der Waals surface area contributed by atoms with Gasteiger partial charge in [-0.3, -0.25) is 14.5 Å². The van der Waals surface area contributed by atoms with Crippen LogP contribution in [0.25, 0.3) is 0 Å². The maximum Gasteiger partial charge on any atom is 0.258 e. The van der Waals surface area contributed by atoms with Crippen LogP contribution in [0.2, 0.25) is 0 Å². The molecular weight excluding hydrogens is 457 g/mol. The summed E-state index contributed by atoms with van der Waals surface area (Å²) in [6.45, 7) is 2.84. The van der Waals surface area contributed by atoms with Crippen molar-refractivity contribution in [3.05, 3.63) is 66.0 Å². The molecule has 2 aromatic carbocycles. The van der Waals surface area contributed by atoms with Gasteiger partial charge in [-0.05, 0) is 48.3 Å². The van der Waals surface area contributed by atoms with Crippen LogP contribution in [0, 0.1) is 5.82 Å². The number of amides is 2. The van der Waals surface area contributed by atoms with Gasteiger partial charge in [-0.15, -0.1) is 0 Å². The van der Waals surface area contributed by atoms with E-state index in [9.17, 15) is 14.0 Å². The van der Waals surface area contributed by atoms with Crippen molar-refractivity contribution in [1.82, 2.24) is 15.5 Å². The van der Waals surface area contributed by atoms with Crippen LogP contribution < -0.4 is 15.4 Å². The minimum absolute atomic E-state index is 0.119. The fourth-order valence-corrected chi connectivity index (χ4v) is 4.23. The molecule has 0 aliphatic carbocycles. The molecule has 0 saturated carbocycles. The Morgan fingerprint density at radius 3 is 2.50 bits per heavy atom. The standard InChI is InChI=1S/C25H32FN3O4S/c1-34-16-11-22(28-24(30)18-33-21-5-3-2-4-6-21)25(31)27-17-23(29-12-14-32-15-13-29)19-7-9-20(26)10-8-19/h2-10,22-23H,11-18H2,1H3,(H,27,31)(H,28,30). The zero-order valence-corrected chi connectivity index (χ0v) is 20.2. The SMILES string of the molecule is CSCCC(NC(=O)COc1ccccc1)C(=O)NCC(c1ccc(F)cc1)N1CCOCC1. The molecule has 0 aromatic heterocycles. The van der Waals surface area contributed by atoms with E-state index in [1.165, 1.54) is 12.1 Å². The first-order valence-electron chi connectivity index (χ1n) is 11.4. The fraction of sp³-hybridized carbons (Fsp3) is 0.440. The summed E-state index contributed by atoms with van der Waals surface area (Å²) in [6, 6.07) is 14.6. The van der Waals surface area contributed by atoms with Gasteiger partial charge >= 0.3 is 0 Å². The molecule has 1 aliphatic heterocycles. The highest BCUT2D eigenvalue weighted by atomic mass is 32.2. The number of morpholine rings is 1. The zero-order chi connectivity index (χ0) is 24.2. The highest BCUT2D eigenvalue weighted by molar-refractivity contribution is 7.98. The quantitative estimate of drug-likeness (QED) is 0.477. The Bertz CT molecular complexity index is 895. The lowest BCUT2D eigenvalue weighted by molar-refractivity contribution is -0.130. The molecule has 34 heavy (non-hydrogen) atoms. The molecular formula is C25H32FN3O4S. The van der Waals surface area contributed by atoms with Gasteiger partial charge in [-0.25, -0.2) is 4.39 Å². The molecule has 184 valence electrons. The molecule has 1 saturated heterocycles. The number of hydrogen-bond acceptors (Lipinski definition) is 6. The van der Waals surface area contributed by atoms with Gasteiger partial charge in [0, 0.05) is 19.6 Å². The predicted octanol–water partition coefficient (Wildman–Crippen LogP) is 2.63. The number of halogens is 1. The van der Waals surface area contributed by atoms with Gasteiger partial charge in [-0.2, -0.15) is 11.8 Å². The number of para-hydroxylation sites is 1. The van der Waals surface area contributed by atoms with E-state index in [0.29, 0.717) is 31.9 Å². The Morgan fingerprint density at radius 2 is 1.82 bits per heavy atom. The summed E-state index contributed by atoms with van der Waals surface area (Å²) in [4.78, 5) is 27.7. The summed E-state index contributed by atoms with van der Waals surface area (Å²) in [5.74, 6) is 0.417. The van der Waals surface area contributed by atoms with Gasteiger partial charge in [0.05, 0.1) is 19.3 Å². The number of hydrogen-bond donors (Lipinski definition) is 2. The summed E-state index contributed by atoms with van der Waals surface area (Å²) in [6.07, 6.45) is 2.46. The maximum absolute atomic E-state index is 13.5. The van der Waals surface area contributed by atoms with Crippen LogP contribution in [0.4, 0.5) is 4.39 Å². The second-order valence-electron chi connectivity index (χ2n) is 7.96. The molecule has 1 fully saturated rings. The van der Waals surface area contributed by atoms with Crippen molar-refractivity contribution in [2.24, 2.45) is 0 Å².